The van der Waals surface area contributed by atoms with Crippen molar-refractivity contribution in [2.75, 3.05) is 5.32 Å². The summed E-state index contributed by atoms with van der Waals surface area (Å²) in [5, 5.41) is 5.13. The van der Waals surface area contributed by atoms with E-state index in [0.717, 1.165) is 16.8 Å². The van der Waals surface area contributed by atoms with E-state index in [1.54, 1.807) is 12.1 Å². The van der Waals surface area contributed by atoms with Gasteiger partial charge in [0.05, 0.1) is 11.3 Å². The van der Waals surface area contributed by atoms with Crippen LogP contribution in [-0.4, -0.2) is 23.0 Å². The van der Waals surface area contributed by atoms with Crippen molar-refractivity contribution >= 4 is 28.3 Å². The number of benzene rings is 2. The molecule has 0 fully saturated rings. The van der Waals surface area contributed by atoms with Crippen LogP contribution in [0.1, 0.15) is 21.5 Å². The van der Waals surface area contributed by atoms with Crippen LogP contribution in [0.3, 0.4) is 0 Å². The van der Waals surface area contributed by atoms with E-state index < -0.39 is 12.1 Å². The van der Waals surface area contributed by atoms with E-state index >= 15 is 0 Å². The lowest BCUT2D eigenvalue weighted by Crippen LogP contribution is -2.37. The zero-order chi connectivity index (χ0) is 18.1. The molecule has 1 atom stereocenters. The third kappa shape index (κ3) is 3.23. The Morgan fingerprint density at radius 1 is 1.19 bits per heavy atom. The van der Waals surface area contributed by atoms with Crippen molar-refractivity contribution in [1.82, 2.24) is 4.98 Å². The molecular formula is C20H16N2O3S. The van der Waals surface area contributed by atoms with Crippen molar-refractivity contribution in [2.45, 2.75) is 19.4 Å². The molecule has 0 saturated carbocycles. The molecule has 26 heavy (non-hydrogen) atoms. The van der Waals surface area contributed by atoms with E-state index in [1.807, 2.05) is 48.7 Å². The van der Waals surface area contributed by atoms with Gasteiger partial charge in [-0.15, -0.1) is 11.3 Å². The largest absolute Gasteiger partial charge is 0.448 e. The monoisotopic (exact) mass is 364 g/mol. The van der Waals surface area contributed by atoms with Crippen LogP contribution in [0.4, 0.5) is 5.13 Å². The normalized spacial score (nSPS) is 15.9. The van der Waals surface area contributed by atoms with Crippen LogP contribution in [0.25, 0.3) is 11.3 Å². The molecule has 0 radical (unpaired) electrons. The fourth-order valence-electron chi connectivity index (χ4n) is 2.85. The van der Waals surface area contributed by atoms with Gasteiger partial charge in [0, 0.05) is 17.4 Å². The average molecular weight is 364 g/mol. The first kappa shape index (κ1) is 16.5. The Balaban J connectivity index is 1.47. The summed E-state index contributed by atoms with van der Waals surface area (Å²) in [7, 11) is 0. The number of hydrogen-bond donors (Lipinski definition) is 1. The molecule has 4 rings (SSSR count). The van der Waals surface area contributed by atoms with Gasteiger partial charge in [-0.2, -0.15) is 0 Å². The van der Waals surface area contributed by atoms with Crippen LogP contribution in [0.2, 0.25) is 0 Å². The van der Waals surface area contributed by atoms with Gasteiger partial charge >= 0.3 is 5.97 Å². The van der Waals surface area contributed by atoms with Crippen molar-refractivity contribution in [1.29, 1.82) is 0 Å². The summed E-state index contributed by atoms with van der Waals surface area (Å²) >= 11 is 1.34. The van der Waals surface area contributed by atoms with Crippen molar-refractivity contribution < 1.29 is 14.3 Å². The minimum atomic E-state index is -0.843. The number of rotatable bonds is 3. The molecule has 130 valence electrons. The molecule has 1 aromatic heterocycles. The second-order valence-electron chi connectivity index (χ2n) is 6.15. The molecule has 1 amide bonds. The maximum Gasteiger partial charge on any atom is 0.339 e. The van der Waals surface area contributed by atoms with Crippen LogP contribution in [0, 0.1) is 6.92 Å². The van der Waals surface area contributed by atoms with E-state index in [2.05, 4.69) is 10.3 Å². The van der Waals surface area contributed by atoms with Gasteiger partial charge in [-0.3, -0.25) is 10.1 Å². The summed E-state index contributed by atoms with van der Waals surface area (Å²) < 4.78 is 5.28. The maximum atomic E-state index is 12.5. The number of aromatic nitrogens is 1. The van der Waals surface area contributed by atoms with E-state index in [0.29, 0.717) is 17.1 Å². The summed E-state index contributed by atoms with van der Waals surface area (Å²) in [5.74, 6) is -0.829. The molecule has 0 spiro atoms. The van der Waals surface area contributed by atoms with Crippen LogP contribution in [0.5, 0.6) is 0 Å². The molecule has 1 unspecified atom stereocenters. The van der Waals surface area contributed by atoms with Crippen LogP contribution in [-0.2, 0) is 16.0 Å². The van der Waals surface area contributed by atoms with Gasteiger partial charge in [0.1, 0.15) is 0 Å². The van der Waals surface area contributed by atoms with Crippen LogP contribution >= 0.6 is 11.3 Å². The lowest BCUT2D eigenvalue weighted by molar-refractivity contribution is -0.125. The highest BCUT2D eigenvalue weighted by atomic mass is 32.1. The number of carbonyl (C=O) groups is 2. The Morgan fingerprint density at radius 3 is 2.77 bits per heavy atom. The zero-order valence-corrected chi connectivity index (χ0v) is 14.9. The van der Waals surface area contributed by atoms with Crippen molar-refractivity contribution in [3.05, 3.63) is 70.6 Å². The van der Waals surface area contributed by atoms with E-state index in [-0.39, 0.29) is 5.91 Å². The molecule has 5 nitrogen and oxygen atoms in total. The highest BCUT2D eigenvalue weighted by molar-refractivity contribution is 7.14. The topological polar surface area (TPSA) is 68.3 Å². The summed E-state index contributed by atoms with van der Waals surface area (Å²) in [6, 6.07) is 15.2. The number of amides is 1. The smallest absolute Gasteiger partial charge is 0.339 e. The van der Waals surface area contributed by atoms with Gasteiger partial charge in [0.2, 0.25) is 0 Å². The quantitative estimate of drug-likeness (QED) is 0.717. The lowest BCUT2D eigenvalue weighted by Gasteiger charge is -2.23. The number of nitrogens with zero attached hydrogens (tertiary/aromatic N) is 1. The molecule has 0 bridgehead atoms. The summed E-state index contributed by atoms with van der Waals surface area (Å²) in [5.41, 5.74) is 4.31. The minimum absolute atomic E-state index is 0.363. The van der Waals surface area contributed by atoms with Gasteiger partial charge in [-0.25, -0.2) is 9.78 Å². The minimum Gasteiger partial charge on any atom is -0.448 e. The van der Waals surface area contributed by atoms with Gasteiger partial charge in [0.25, 0.3) is 5.91 Å². The van der Waals surface area contributed by atoms with Gasteiger partial charge in [-0.05, 0) is 18.6 Å². The third-order valence-electron chi connectivity index (χ3n) is 4.27. The van der Waals surface area contributed by atoms with Crippen LogP contribution in [0.15, 0.2) is 53.9 Å². The molecule has 1 aliphatic heterocycles. The maximum absolute atomic E-state index is 12.5. The fourth-order valence-corrected chi connectivity index (χ4v) is 3.57. The fraction of sp³-hybridized carbons (Fsp3) is 0.150. The average Bonchev–Trinajstić information content (AvgIpc) is 3.10. The van der Waals surface area contributed by atoms with Gasteiger partial charge in [-0.1, -0.05) is 48.0 Å². The highest BCUT2D eigenvalue weighted by Gasteiger charge is 2.31. The standard InChI is InChI=1S/C20H16N2O3S/c1-12-6-8-13(9-7-12)16-11-26-20(21-16)22-18(23)17-10-14-4-2-3-5-15(14)19(24)25-17/h2-9,11,17H,10H2,1H3,(H,21,22,23). The number of hydrogen-bond acceptors (Lipinski definition) is 5. The summed E-state index contributed by atoms with van der Waals surface area (Å²) in [6.07, 6.45) is -0.478. The number of ether oxygens (including phenoxy) is 1. The van der Waals surface area contributed by atoms with Gasteiger partial charge in [0.15, 0.2) is 11.2 Å². The number of fused-ring (bicyclic) bond motifs is 1. The number of nitrogens with one attached hydrogen (secondary N) is 1. The SMILES string of the molecule is Cc1ccc(-c2csc(NC(=O)C3Cc4ccccc4C(=O)O3)n2)cc1. The molecular weight excluding hydrogens is 348 g/mol. The predicted molar refractivity (Wildman–Crippen MR) is 100 cm³/mol. The molecule has 1 N–H and O–H groups in total. The second-order valence-corrected chi connectivity index (χ2v) is 7.01. The number of anilines is 1. The molecule has 2 aromatic carbocycles. The summed E-state index contributed by atoms with van der Waals surface area (Å²) in [6.45, 7) is 2.03. The Hall–Kier alpha value is -2.99. The highest BCUT2D eigenvalue weighted by Crippen LogP contribution is 2.26. The Morgan fingerprint density at radius 2 is 1.96 bits per heavy atom. The summed E-state index contributed by atoms with van der Waals surface area (Å²) in [4.78, 5) is 29.0. The third-order valence-corrected chi connectivity index (χ3v) is 5.02. The lowest BCUT2D eigenvalue weighted by atomic mass is 9.98. The molecule has 1 aliphatic rings. The number of aryl methyl sites for hydroxylation is 1. The van der Waals surface area contributed by atoms with Crippen LogP contribution < -0.4 is 5.32 Å². The number of carbonyl (C=O) groups excluding carboxylic acids is 2. The number of thiazole rings is 1. The Kier molecular flexibility index (Phi) is 4.26. The number of esters is 1. The second kappa shape index (κ2) is 6.72. The van der Waals surface area contributed by atoms with Crippen molar-refractivity contribution in [3.8, 4) is 11.3 Å². The zero-order valence-electron chi connectivity index (χ0n) is 14.1. The Labute approximate surface area is 154 Å². The molecule has 2 heterocycles. The first-order valence-electron chi connectivity index (χ1n) is 8.22. The predicted octanol–water partition coefficient (Wildman–Crippen LogP) is 3.84. The van der Waals surface area contributed by atoms with E-state index in [9.17, 15) is 9.59 Å². The molecule has 3 aromatic rings. The first-order valence-corrected chi connectivity index (χ1v) is 9.10. The van der Waals surface area contributed by atoms with Crippen molar-refractivity contribution in [2.24, 2.45) is 0 Å². The number of cyclic esters (lactones) is 1. The molecule has 6 heteroatoms. The van der Waals surface area contributed by atoms with E-state index in [1.165, 1.54) is 16.9 Å². The molecule has 0 saturated heterocycles. The Bertz CT molecular complexity index is 979. The first-order chi connectivity index (χ1) is 12.6. The van der Waals surface area contributed by atoms with E-state index in [4.69, 9.17) is 4.74 Å². The van der Waals surface area contributed by atoms with Gasteiger partial charge < -0.3 is 4.74 Å². The molecule has 0 aliphatic carbocycles. The van der Waals surface area contributed by atoms with Crippen molar-refractivity contribution in [3.63, 3.8) is 0 Å².